The van der Waals surface area contributed by atoms with Gasteiger partial charge in [-0.15, -0.1) is 6.42 Å². The van der Waals surface area contributed by atoms with Gasteiger partial charge in [0.15, 0.2) is 23.6 Å². The smallest absolute Gasteiger partial charge is 0.459 e. The van der Waals surface area contributed by atoms with Crippen LogP contribution in [0, 0.1) is 18.3 Å². The van der Waals surface area contributed by atoms with E-state index in [2.05, 4.69) is 24.1 Å². The van der Waals surface area contributed by atoms with Crippen LogP contribution in [0.5, 0.6) is 5.75 Å². The summed E-state index contributed by atoms with van der Waals surface area (Å²) >= 11 is -0.894. The largest absolute Gasteiger partial charge is 0.468 e. The lowest BCUT2D eigenvalue weighted by molar-refractivity contribution is -0.142. The van der Waals surface area contributed by atoms with Gasteiger partial charge in [0.25, 0.3) is 0 Å². The Morgan fingerprint density at radius 3 is 2.79 bits per heavy atom. The SMILES string of the molecule is C#C[C@H]1C[C@@H](CO[P@@](=O)(N[C@H](C)C(=O)OC)Oc2ccccc2)O[C@H]1N1I=Nc2c(N(C)C)nc(N)nc21. The number of fused-ring (bicyclic) bond motifs is 1. The summed E-state index contributed by atoms with van der Waals surface area (Å²) in [4.78, 5) is 22.5. The van der Waals surface area contributed by atoms with Crippen molar-refractivity contribution in [3.05, 3.63) is 30.3 Å². The van der Waals surface area contributed by atoms with Gasteiger partial charge in [-0.1, -0.05) is 24.1 Å². The Hall–Kier alpha value is -2.83. The van der Waals surface area contributed by atoms with Crippen LogP contribution in [0.2, 0.25) is 0 Å². The van der Waals surface area contributed by atoms with E-state index in [1.807, 2.05) is 22.1 Å². The summed E-state index contributed by atoms with van der Waals surface area (Å²) in [6, 6.07) is 7.56. The van der Waals surface area contributed by atoms with Crippen molar-refractivity contribution in [2.24, 2.45) is 9.06 Å². The Balaban J connectivity index is 1.50. The molecule has 0 amide bonds. The second-order valence-corrected chi connectivity index (χ2v) is 12.3. The van der Waals surface area contributed by atoms with Crippen LogP contribution < -0.4 is 23.4 Å². The van der Waals surface area contributed by atoms with E-state index in [9.17, 15) is 9.36 Å². The van der Waals surface area contributed by atoms with Gasteiger partial charge in [0, 0.05) is 14.1 Å². The van der Waals surface area contributed by atoms with Crippen molar-refractivity contribution in [2.75, 3.05) is 41.6 Å². The van der Waals surface area contributed by atoms with Crippen LogP contribution in [0.4, 0.5) is 23.3 Å². The van der Waals surface area contributed by atoms with E-state index in [4.69, 9.17) is 30.7 Å². The number of carbonyl (C=O) groups excluding carboxylic acids is 1. The number of methoxy groups -OCH3 is 1. The highest BCUT2D eigenvalue weighted by atomic mass is 127. The molecule has 204 valence electrons. The number of terminal acetylenes is 1. The third-order valence-corrected chi connectivity index (χ3v) is 9.44. The number of nitrogens with zero attached hydrogens (tertiary/aromatic N) is 5. The molecule has 1 aromatic heterocycles. The molecule has 2 aliphatic heterocycles. The Bertz CT molecular complexity index is 1290. The quantitative estimate of drug-likeness (QED) is 0.127. The lowest BCUT2D eigenvalue weighted by Gasteiger charge is -2.26. The molecular formula is C23H29IN7O6P. The molecule has 2 aromatic rings. The number of nitrogens with two attached hydrogens (primary N) is 1. The standard InChI is InChI=1S/C23H29IN7O6P/c1-6-15-12-17(36-21(15)31-20-18(28-24-31)19(30(3)4)26-23(25)27-20)13-35-38(33,29-14(2)22(32)34-5)37-16-10-8-7-9-11-16/h1,7-11,14-15,17,21H,12-13H2,2-5H3,(H,29,33)(H2,25,26,27)/t14-,15+,17+,21-,38+/m1/s1. The number of nitrogen functional groups attached to an aromatic ring is 1. The first-order valence-corrected chi connectivity index (χ1v) is 15.1. The van der Waals surface area contributed by atoms with Crippen molar-refractivity contribution in [2.45, 2.75) is 31.7 Å². The molecule has 2 aliphatic rings. The number of anilines is 3. The third kappa shape index (κ3) is 6.24. The highest BCUT2D eigenvalue weighted by Gasteiger charge is 2.43. The van der Waals surface area contributed by atoms with Crippen LogP contribution >= 0.6 is 29.1 Å². The summed E-state index contributed by atoms with van der Waals surface area (Å²) < 4.78 is 42.7. The molecule has 0 bridgehead atoms. The van der Waals surface area contributed by atoms with Crippen molar-refractivity contribution in [3.63, 3.8) is 0 Å². The highest BCUT2D eigenvalue weighted by molar-refractivity contribution is 14.2. The van der Waals surface area contributed by atoms with Crippen LogP contribution in [0.3, 0.4) is 0 Å². The minimum Gasteiger partial charge on any atom is -0.468 e. The minimum absolute atomic E-state index is 0.106. The maximum atomic E-state index is 13.6. The predicted molar refractivity (Wildman–Crippen MR) is 150 cm³/mol. The van der Waals surface area contributed by atoms with Gasteiger partial charge in [0.2, 0.25) is 5.95 Å². The number of hydrogen-bond acceptors (Lipinski definition) is 12. The summed E-state index contributed by atoms with van der Waals surface area (Å²) in [5, 5.41) is 2.63. The Morgan fingerprint density at radius 2 is 2.13 bits per heavy atom. The monoisotopic (exact) mass is 657 g/mol. The van der Waals surface area contributed by atoms with E-state index in [0.717, 1.165) is 0 Å². The Morgan fingerprint density at radius 1 is 1.39 bits per heavy atom. The molecule has 13 nitrogen and oxygen atoms in total. The molecule has 3 N–H and O–H groups in total. The van der Waals surface area contributed by atoms with E-state index >= 15 is 0 Å². The molecule has 5 atom stereocenters. The topological polar surface area (TPSA) is 154 Å². The van der Waals surface area contributed by atoms with Gasteiger partial charge in [-0.3, -0.25) is 12.4 Å². The van der Waals surface area contributed by atoms with Gasteiger partial charge in [0.05, 0.1) is 25.7 Å². The van der Waals surface area contributed by atoms with Gasteiger partial charge >= 0.3 is 13.7 Å². The van der Waals surface area contributed by atoms with Crippen LogP contribution in [-0.4, -0.2) is 62.1 Å². The molecule has 1 aromatic carbocycles. The molecule has 3 heterocycles. The molecule has 38 heavy (non-hydrogen) atoms. The van der Waals surface area contributed by atoms with Gasteiger partial charge in [-0.2, -0.15) is 18.2 Å². The lowest BCUT2D eigenvalue weighted by Crippen LogP contribution is -2.35. The highest BCUT2D eigenvalue weighted by Crippen LogP contribution is 2.50. The third-order valence-electron chi connectivity index (χ3n) is 5.63. The first-order valence-electron chi connectivity index (χ1n) is 11.6. The lowest BCUT2D eigenvalue weighted by atomic mass is 10.0. The second-order valence-electron chi connectivity index (χ2n) is 8.67. The van der Waals surface area contributed by atoms with Gasteiger partial charge in [-0.25, -0.2) is 4.57 Å². The maximum absolute atomic E-state index is 13.6. The predicted octanol–water partition coefficient (Wildman–Crippen LogP) is 3.36. The van der Waals surface area contributed by atoms with Crippen molar-refractivity contribution < 1.29 is 27.9 Å². The van der Waals surface area contributed by atoms with E-state index in [0.29, 0.717) is 29.5 Å². The zero-order chi connectivity index (χ0) is 27.4. The minimum atomic E-state index is -4.02. The average Bonchev–Trinajstić information content (AvgIpc) is 3.50. The maximum Gasteiger partial charge on any atom is 0.459 e. The van der Waals surface area contributed by atoms with Crippen LogP contribution in [0.15, 0.2) is 33.5 Å². The summed E-state index contributed by atoms with van der Waals surface area (Å²) in [6.45, 7) is 1.39. The van der Waals surface area contributed by atoms with Gasteiger partial charge in [0.1, 0.15) is 33.1 Å². The number of para-hydroxylation sites is 1. The number of rotatable bonds is 10. The fraction of sp³-hybridized carbons (Fsp3) is 0.435. The summed E-state index contributed by atoms with van der Waals surface area (Å²) in [5.41, 5.74) is 6.61. The van der Waals surface area contributed by atoms with Crippen molar-refractivity contribution >= 4 is 58.3 Å². The molecule has 0 spiro atoms. The fourth-order valence-electron chi connectivity index (χ4n) is 3.84. The molecular weight excluding hydrogens is 628 g/mol. The number of carbonyl (C=O) groups is 1. The van der Waals surface area contributed by atoms with E-state index < -0.39 is 53.4 Å². The number of halogens is 1. The van der Waals surface area contributed by atoms with Gasteiger partial charge < -0.3 is 24.6 Å². The number of nitrogens with one attached hydrogen (secondary N) is 1. The first kappa shape index (κ1) is 28.2. The van der Waals surface area contributed by atoms with Crippen LogP contribution in [0.25, 0.3) is 0 Å². The summed E-state index contributed by atoms with van der Waals surface area (Å²) in [6.07, 6.45) is 5.27. The van der Waals surface area contributed by atoms with Crippen LogP contribution in [-0.2, 0) is 23.4 Å². The Kier molecular flexibility index (Phi) is 8.84. The number of hydrogen-bond donors (Lipinski definition) is 2. The average molecular weight is 657 g/mol. The molecule has 1 fully saturated rings. The molecule has 0 unspecified atom stereocenters. The summed E-state index contributed by atoms with van der Waals surface area (Å²) in [7, 11) is 0.929. The summed E-state index contributed by atoms with van der Waals surface area (Å²) in [5.74, 6) is 3.49. The van der Waals surface area contributed by atoms with Crippen molar-refractivity contribution in [3.8, 4) is 18.1 Å². The molecule has 0 aliphatic carbocycles. The number of esters is 1. The van der Waals surface area contributed by atoms with Crippen LogP contribution in [0.1, 0.15) is 13.3 Å². The molecule has 0 saturated carbocycles. The number of ether oxygens (including phenoxy) is 2. The van der Waals surface area contributed by atoms with E-state index in [-0.39, 0.29) is 18.5 Å². The zero-order valence-electron chi connectivity index (χ0n) is 21.3. The van der Waals surface area contributed by atoms with E-state index in [1.165, 1.54) is 14.0 Å². The second kappa shape index (κ2) is 11.9. The van der Waals surface area contributed by atoms with Crippen molar-refractivity contribution in [1.82, 2.24) is 15.1 Å². The van der Waals surface area contributed by atoms with E-state index in [1.54, 1.807) is 30.3 Å². The van der Waals surface area contributed by atoms with Gasteiger partial charge in [-0.05, 0) is 25.5 Å². The molecule has 0 radical (unpaired) electrons. The Labute approximate surface area is 231 Å². The fourth-order valence-corrected chi connectivity index (χ4v) is 7.54. The van der Waals surface area contributed by atoms with Crippen molar-refractivity contribution in [1.29, 1.82) is 0 Å². The molecule has 4 rings (SSSR count). The number of aromatic nitrogens is 2. The molecule has 15 heteroatoms. The zero-order valence-corrected chi connectivity index (χ0v) is 24.3. The molecule has 1 saturated heterocycles. The normalized spacial score (nSPS) is 22.5. The number of benzene rings is 1. The first-order chi connectivity index (χ1) is 18.1.